The van der Waals surface area contributed by atoms with E-state index in [4.69, 9.17) is 0 Å². The highest BCUT2D eigenvalue weighted by atomic mass is 32.2. The van der Waals surface area contributed by atoms with Crippen LogP contribution in [0.1, 0.15) is 54.9 Å². The zero-order valence-corrected chi connectivity index (χ0v) is 27.7. The van der Waals surface area contributed by atoms with Crippen LogP contribution in [0, 0.1) is 12.8 Å². The van der Waals surface area contributed by atoms with Crippen LogP contribution in [0.4, 0.5) is 0 Å². The molecule has 4 unspecified atom stereocenters. The van der Waals surface area contributed by atoms with Gasteiger partial charge < -0.3 is 26.0 Å². The van der Waals surface area contributed by atoms with Gasteiger partial charge in [0.2, 0.25) is 11.8 Å². The first-order valence-corrected chi connectivity index (χ1v) is 16.4. The van der Waals surface area contributed by atoms with Gasteiger partial charge in [0.05, 0.1) is 11.9 Å². The summed E-state index contributed by atoms with van der Waals surface area (Å²) >= 11 is 1.45. The molecule has 1 saturated heterocycles. The van der Waals surface area contributed by atoms with Crippen molar-refractivity contribution in [1.29, 1.82) is 0 Å². The molecule has 2 heterocycles. The van der Waals surface area contributed by atoms with Gasteiger partial charge in [-0.1, -0.05) is 74.5 Å². The van der Waals surface area contributed by atoms with Crippen molar-refractivity contribution in [3.63, 3.8) is 0 Å². The molecule has 0 bridgehead atoms. The first-order valence-electron chi connectivity index (χ1n) is 15.4. The molecule has 3 aromatic rings. The van der Waals surface area contributed by atoms with Gasteiger partial charge in [-0.3, -0.25) is 24.2 Å². The molecule has 11 heteroatoms. The molecule has 244 valence electrons. The second-order valence-corrected chi connectivity index (χ2v) is 14.0. The highest BCUT2D eigenvalue weighted by molar-refractivity contribution is 8.00. The summed E-state index contributed by atoms with van der Waals surface area (Å²) in [5.74, 6) is -2.15. The lowest BCUT2D eigenvalue weighted by Crippen LogP contribution is -2.60. The number of aromatic nitrogens is 1. The van der Waals surface area contributed by atoms with Crippen LogP contribution < -0.4 is 16.0 Å². The molecule has 0 aliphatic carbocycles. The largest absolute Gasteiger partial charge is 0.381 e. The van der Waals surface area contributed by atoms with Gasteiger partial charge in [0.1, 0.15) is 17.8 Å². The van der Waals surface area contributed by atoms with Crippen molar-refractivity contribution in [2.45, 2.75) is 76.6 Å². The highest BCUT2D eigenvalue weighted by Gasteiger charge is 2.50. The lowest BCUT2D eigenvalue weighted by molar-refractivity contribution is -0.148. The number of aliphatic hydroxyl groups is 1. The van der Waals surface area contributed by atoms with E-state index >= 15 is 0 Å². The Morgan fingerprint density at radius 2 is 1.65 bits per heavy atom. The van der Waals surface area contributed by atoms with Crippen LogP contribution in [-0.4, -0.2) is 73.5 Å². The summed E-state index contributed by atoms with van der Waals surface area (Å²) in [5.41, 5.74) is 2.97. The van der Waals surface area contributed by atoms with Crippen molar-refractivity contribution in [1.82, 2.24) is 25.8 Å². The Morgan fingerprint density at radius 1 is 0.978 bits per heavy atom. The first kappa shape index (κ1) is 34.6. The Labute approximate surface area is 274 Å². The quantitative estimate of drug-likeness (QED) is 0.237. The molecule has 4 amide bonds. The van der Waals surface area contributed by atoms with E-state index in [1.165, 1.54) is 22.9 Å². The molecule has 1 aromatic heterocycles. The number of carbonyl (C=O) groups is 4. The summed E-state index contributed by atoms with van der Waals surface area (Å²) in [6, 6.07) is 19.0. The fourth-order valence-electron chi connectivity index (χ4n) is 5.47. The van der Waals surface area contributed by atoms with Crippen LogP contribution in [0.15, 0.2) is 79.0 Å². The van der Waals surface area contributed by atoms with Gasteiger partial charge in [-0.05, 0) is 61.9 Å². The van der Waals surface area contributed by atoms with Gasteiger partial charge in [0, 0.05) is 17.5 Å². The molecule has 4 rings (SSSR count). The Bertz CT molecular complexity index is 1520. The molecule has 4 N–H and O–H groups in total. The average molecular weight is 646 g/mol. The topological polar surface area (TPSA) is 141 Å². The number of nitrogens with zero attached hydrogens (tertiary/aromatic N) is 2. The number of hydrogen-bond acceptors (Lipinski definition) is 7. The van der Waals surface area contributed by atoms with E-state index in [1.807, 2.05) is 75.4 Å². The molecule has 0 radical (unpaired) electrons. The van der Waals surface area contributed by atoms with Crippen LogP contribution in [0.3, 0.4) is 0 Å². The van der Waals surface area contributed by atoms with Gasteiger partial charge in [-0.2, -0.15) is 0 Å². The highest BCUT2D eigenvalue weighted by Crippen LogP contribution is 2.40. The third-order valence-electron chi connectivity index (χ3n) is 8.19. The average Bonchev–Trinajstić information content (AvgIpc) is 3.37. The van der Waals surface area contributed by atoms with Crippen molar-refractivity contribution < 1.29 is 24.3 Å². The summed E-state index contributed by atoms with van der Waals surface area (Å²) in [6.45, 7) is 9.66. The zero-order chi connectivity index (χ0) is 33.4. The molecule has 10 nitrogen and oxygen atoms in total. The summed E-state index contributed by atoms with van der Waals surface area (Å²) < 4.78 is -0.623. The monoisotopic (exact) mass is 645 g/mol. The van der Waals surface area contributed by atoms with Gasteiger partial charge in [0.25, 0.3) is 11.8 Å². The number of hydrogen-bond donors (Lipinski definition) is 4. The third kappa shape index (κ3) is 8.52. The van der Waals surface area contributed by atoms with Crippen molar-refractivity contribution in [2.24, 2.45) is 5.92 Å². The summed E-state index contributed by atoms with van der Waals surface area (Å²) in [7, 11) is 0. The molecular weight excluding hydrogens is 602 g/mol. The maximum atomic E-state index is 14.0. The van der Waals surface area contributed by atoms with E-state index in [1.54, 1.807) is 32.0 Å². The van der Waals surface area contributed by atoms with Crippen molar-refractivity contribution in [2.75, 3.05) is 5.88 Å². The van der Waals surface area contributed by atoms with Crippen LogP contribution in [-0.2, 0) is 27.3 Å². The standard InChI is InChI=1S/C35H43N5O5S/c1-22(2)28(39-31(42)26-17-11-12-18-36-26)32(43)38-27(19-24-14-7-6-8-15-24)29(41)34(45)40-21-46-35(4,5)30(40)33(44)37-20-25-16-10-9-13-23(25)3/h6-18,22,27-30,41H,19-21H2,1-5H3,(H,37,44)(H,38,43)(H,39,42). The predicted molar refractivity (Wildman–Crippen MR) is 179 cm³/mol. The van der Waals surface area contributed by atoms with Gasteiger partial charge in [0.15, 0.2) is 6.10 Å². The minimum atomic E-state index is -1.66. The number of benzene rings is 2. The smallest absolute Gasteiger partial charge is 0.270 e. The number of pyridine rings is 1. The first-order chi connectivity index (χ1) is 21.9. The van der Waals surface area contributed by atoms with E-state index < -0.39 is 46.7 Å². The van der Waals surface area contributed by atoms with Gasteiger partial charge >= 0.3 is 0 Å². The molecule has 2 aromatic carbocycles. The van der Waals surface area contributed by atoms with E-state index in [2.05, 4.69) is 20.9 Å². The molecule has 46 heavy (non-hydrogen) atoms. The fraction of sp³-hybridized carbons (Fsp3) is 0.400. The Balaban J connectivity index is 1.54. The van der Waals surface area contributed by atoms with Gasteiger partial charge in [-0.15, -0.1) is 11.8 Å². The number of thioether (sulfide) groups is 1. The number of amides is 4. The second kappa shape index (κ2) is 15.4. The Hall–Kier alpha value is -4.22. The van der Waals surface area contributed by atoms with E-state index in [0.717, 1.165) is 16.7 Å². The SMILES string of the molecule is Cc1ccccc1CNC(=O)C1N(C(=O)C(O)C(Cc2ccccc2)NC(=O)C(NC(=O)c2ccccn2)C(C)C)CSC1(C)C. The predicted octanol–water partition coefficient (Wildman–Crippen LogP) is 3.23. The molecule has 0 spiro atoms. The molecular formula is C35H43N5O5S. The molecule has 1 aliphatic heterocycles. The van der Waals surface area contributed by atoms with Crippen molar-refractivity contribution >= 4 is 35.4 Å². The van der Waals surface area contributed by atoms with Crippen LogP contribution in [0.25, 0.3) is 0 Å². The Kier molecular flexibility index (Phi) is 11.6. The van der Waals surface area contributed by atoms with Crippen LogP contribution in [0.5, 0.6) is 0 Å². The second-order valence-electron chi connectivity index (χ2n) is 12.4. The van der Waals surface area contributed by atoms with Crippen LogP contribution in [0.2, 0.25) is 0 Å². The molecule has 1 fully saturated rings. The van der Waals surface area contributed by atoms with E-state index in [-0.39, 0.29) is 29.8 Å². The molecule has 1 aliphatic rings. The lowest BCUT2D eigenvalue weighted by atomic mass is 9.96. The van der Waals surface area contributed by atoms with E-state index in [9.17, 15) is 24.3 Å². The maximum absolute atomic E-state index is 14.0. The van der Waals surface area contributed by atoms with E-state index in [0.29, 0.717) is 6.54 Å². The minimum Gasteiger partial charge on any atom is -0.381 e. The number of aliphatic hydroxyl groups excluding tert-OH is 1. The Morgan fingerprint density at radius 3 is 2.30 bits per heavy atom. The summed E-state index contributed by atoms with van der Waals surface area (Å²) in [5, 5.41) is 20.2. The van der Waals surface area contributed by atoms with Crippen LogP contribution >= 0.6 is 11.8 Å². The number of carbonyl (C=O) groups excluding carboxylic acids is 4. The lowest BCUT2D eigenvalue weighted by Gasteiger charge is -2.34. The van der Waals surface area contributed by atoms with Crippen molar-refractivity contribution in [3.05, 3.63) is 101 Å². The minimum absolute atomic E-state index is 0.146. The number of aryl methyl sites for hydroxylation is 1. The molecule has 0 saturated carbocycles. The number of rotatable bonds is 12. The normalized spacial score (nSPS) is 17.5. The van der Waals surface area contributed by atoms with Gasteiger partial charge in [-0.25, -0.2) is 0 Å². The molecule has 4 atom stereocenters. The number of nitrogens with one attached hydrogen (secondary N) is 3. The van der Waals surface area contributed by atoms with Crippen molar-refractivity contribution in [3.8, 4) is 0 Å². The summed E-state index contributed by atoms with van der Waals surface area (Å²) in [4.78, 5) is 59.6. The summed E-state index contributed by atoms with van der Waals surface area (Å²) in [6.07, 6.45) is -0.0251. The third-order valence-corrected chi connectivity index (χ3v) is 9.56. The maximum Gasteiger partial charge on any atom is 0.270 e. The zero-order valence-electron chi connectivity index (χ0n) is 26.9. The fourth-order valence-corrected chi connectivity index (χ4v) is 6.61.